The molecule has 0 radical (unpaired) electrons. The molecule has 0 unspecified atom stereocenters. The average molecular weight is 182 g/mol. The summed E-state index contributed by atoms with van der Waals surface area (Å²) in [5, 5.41) is 0. The summed E-state index contributed by atoms with van der Waals surface area (Å²) in [6.45, 7) is 2.12. The third-order valence-corrected chi connectivity index (χ3v) is 1.60. The summed E-state index contributed by atoms with van der Waals surface area (Å²) in [5.41, 5.74) is 0. The van der Waals surface area contributed by atoms with Gasteiger partial charge in [-0.2, -0.15) is 0 Å². The van der Waals surface area contributed by atoms with Crippen molar-refractivity contribution in [1.29, 1.82) is 0 Å². The number of esters is 1. The molecule has 2 heteroatoms. The van der Waals surface area contributed by atoms with Crippen LogP contribution in [-0.2, 0) is 9.53 Å². The number of hydrogen-bond donors (Lipinski definition) is 0. The predicted octanol–water partition coefficient (Wildman–Crippen LogP) is 2.85. The molecule has 13 heavy (non-hydrogen) atoms. The van der Waals surface area contributed by atoms with Gasteiger partial charge in [0.15, 0.2) is 0 Å². The largest absolute Gasteiger partial charge is 0.466 e. The van der Waals surface area contributed by atoms with Crippen LogP contribution in [0.15, 0.2) is 24.3 Å². The Morgan fingerprint density at radius 1 is 1.23 bits per heavy atom. The van der Waals surface area contributed by atoms with E-state index < -0.39 is 0 Å². The van der Waals surface area contributed by atoms with E-state index in [1.807, 2.05) is 6.08 Å². The Bertz CT molecular complexity index is 181. The van der Waals surface area contributed by atoms with Crippen molar-refractivity contribution in [3.05, 3.63) is 24.3 Å². The zero-order valence-corrected chi connectivity index (χ0v) is 8.45. The molecule has 0 rings (SSSR count). The molecule has 0 bridgehead atoms. The maximum Gasteiger partial charge on any atom is 0.330 e. The van der Waals surface area contributed by atoms with Gasteiger partial charge in [0.1, 0.15) is 0 Å². The molecule has 2 nitrogen and oxygen atoms in total. The molecule has 74 valence electrons. The number of rotatable bonds is 6. The number of allylic oxidation sites excluding steroid dienone is 3. The van der Waals surface area contributed by atoms with E-state index >= 15 is 0 Å². The Kier molecular flexibility index (Phi) is 8.31. The molecule has 0 fully saturated rings. The molecule has 0 atom stereocenters. The van der Waals surface area contributed by atoms with Gasteiger partial charge in [-0.3, -0.25) is 0 Å². The molecule has 0 saturated heterocycles. The summed E-state index contributed by atoms with van der Waals surface area (Å²) in [6, 6.07) is 0. The van der Waals surface area contributed by atoms with Crippen LogP contribution in [0.25, 0.3) is 0 Å². The highest BCUT2D eigenvalue weighted by Gasteiger charge is 1.88. The van der Waals surface area contributed by atoms with Gasteiger partial charge in [0, 0.05) is 6.08 Å². The van der Waals surface area contributed by atoms with Gasteiger partial charge in [-0.05, 0) is 25.7 Å². The maximum atomic E-state index is 10.6. The van der Waals surface area contributed by atoms with Gasteiger partial charge in [-0.15, -0.1) is 0 Å². The van der Waals surface area contributed by atoms with Crippen molar-refractivity contribution in [3.8, 4) is 0 Å². The van der Waals surface area contributed by atoms with Crippen molar-refractivity contribution in [3.63, 3.8) is 0 Å². The number of methoxy groups -OCH3 is 1. The quantitative estimate of drug-likeness (QED) is 0.273. The lowest BCUT2D eigenvalue weighted by Crippen LogP contribution is -1.93. The molecule has 0 aromatic rings. The van der Waals surface area contributed by atoms with Crippen LogP contribution in [-0.4, -0.2) is 13.1 Å². The molecule has 0 N–H and O–H groups in total. The zero-order chi connectivity index (χ0) is 9.94. The second kappa shape index (κ2) is 9.04. The lowest BCUT2D eigenvalue weighted by molar-refractivity contribution is -0.134. The summed E-state index contributed by atoms with van der Waals surface area (Å²) in [6.07, 6.45) is 11.9. The molecule has 0 aromatic carbocycles. The van der Waals surface area contributed by atoms with Gasteiger partial charge >= 0.3 is 5.97 Å². The van der Waals surface area contributed by atoms with E-state index in [2.05, 4.69) is 23.8 Å². The third kappa shape index (κ3) is 8.86. The van der Waals surface area contributed by atoms with Crippen LogP contribution in [0.4, 0.5) is 0 Å². The Morgan fingerprint density at radius 2 is 1.92 bits per heavy atom. The first-order valence-corrected chi connectivity index (χ1v) is 4.70. The van der Waals surface area contributed by atoms with E-state index in [0.717, 1.165) is 25.7 Å². The summed E-state index contributed by atoms with van der Waals surface area (Å²) >= 11 is 0. The molecule has 0 amide bonds. The monoisotopic (exact) mass is 182 g/mol. The lowest BCUT2D eigenvalue weighted by Gasteiger charge is -1.91. The van der Waals surface area contributed by atoms with Gasteiger partial charge in [0.25, 0.3) is 0 Å². The van der Waals surface area contributed by atoms with Crippen molar-refractivity contribution in [2.75, 3.05) is 7.11 Å². The van der Waals surface area contributed by atoms with E-state index in [1.54, 1.807) is 0 Å². The minimum absolute atomic E-state index is 0.274. The fourth-order valence-corrected chi connectivity index (χ4v) is 0.886. The minimum Gasteiger partial charge on any atom is -0.466 e. The van der Waals surface area contributed by atoms with Crippen molar-refractivity contribution in [2.45, 2.75) is 32.6 Å². The lowest BCUT2D eigenvalue weighted by atomic mass is 10.2. The summed E-state index contributed by atoms with van der Waals surface area (Å²) in [4.78, 5) is 10.6. The van der Waals surface area contributed by atoms with Crippen molar-refractivity contribution < 1.29 is 9.53 Å². The van der Waals surface area contributed by atoms with E-state index in [1.165, 1.54) is 13.2 Å². The summed E-state index contributed by atoms with van der Waals surface area (Å²) < 4.78 is 4.46. The standard InChI is InChI=1S/C11H18O2/c1-3-4-5-6-7-8-9-10-11(12)13-2/h4-5,9-10H,3,6-8H2,1-2H3/b5-4+,10-9+. The Labute approximate surface area is 80.3 Å². The smallest absolute Gasteiger partial charge is 0.330 e. The van der Waals surface area contributed by atoms with E-state index in [-0.39, 0.29) is 5.97 Å². The van der Waals surface area contributed by atoms with Crippen LogP contribution < -0.4 is 0 Å². The van der Waals surface area contributed by atoms with Gasteiger partial charge in [-0.1, -0.05) is 25.2 Å². The highest BCUT2D eigenvalue weighted by molar-refractivity contribution is 5.81. The van der Waals surface area contributed by atoms with Gasteiger partial charge in [-0.25, -0.2) is 4.79 Å². The highest BCUT2D eigenvalue weighted by Crippen LogP contribution is 1.98. The van der Waals surface area contributed by atoms with Crippen molar-refractivity contribution >= 4 is 5.97 Å². The van der Waals surface area contributed by atoms with Crippen molar-refractivity contribution in [1.82, 2.24) is 0 Å². The number of unbranched alkanes of at least 4 members (excludes halogenated alkanes) is 2. The third-order valence-electron chi connectivity index (χ3n) is 1.60. The van der Waals surface area contributed by atoms with Crippen LogP contribution in [0.5, 0.6) is 0 Å². The highest BCUT2D eigenvalue weighted by atomic mass is 16.5. The molecular weight excluding hydrogens is 164 g/mol. The maximum absolute atomic E-state index is 10.6. The van der Waals surface area contributed by atoms with E-state index in [0.29, 0.717) is 0 Å². The summed E-state index contributed by atoms with van der Waals surface area (Å²) in [7, 11) is 1.39. The molecule has 0 heterocycles. The molecule has 0 spiro atoms. The van der Waals surface area contributed by atoms with Crippen LogP contribution in [0, 0.1) is 0 Å². The zero-order valence-electron chi connectivity index (χ0n) is 8.45. The van der Waals surface area contributed by atoms with Crippen LogP contribution in [0.3, 0.4) is 0 Å². The first kappa shape index (κ1) is 11.9. The fraction of sp³-hybridized carbons (Fsp3) is 0.545. The number of carbonyl (C=O) groups excluding carboxylic acids is 1. The summed E-state index contributed by atoms with van der Waals surface area (Å²) in [5.74, 6) is -0.274. The predicted molar refractivity (Wildman–Crippen MR) is 54.4 cm³/mol. The number of ether oxygens (including phenoxy) is 1. The molecule has 0 aliphatic carbocycles. The average Bonchev–Trinajstić information content (AvgIpc) is 2.16. The van der Waals surface area contributed by atoms with E-state index in [4.69, 9.17) is 0 Å². The molecule has 0 aliphatic rings. The Morgan fingerprint density at radius 3 is 2.54 bits per heavy atom. The second-order valence-electron chi connectivity index (χ2n) is 2.74. The van der Waals surface area contributed by atoms with Gasteiger partial charge in [0.05, 0.1) is 7.11 Å². The molecular formula is C11H18O2. The Hall–Kier alpha value is -1.05. The second-order valence-corrected chi connectivity index (χ2v) is 2.74. The Balaban J connectivity index is 3.30. The topological polar surface area (TPSA) is 26.3 Å². The van der Waals surface area contributed by atoms with Crippen LogP contribution >= 0.6 is 0 Å². The molecule has 0 aliphatic heterocycles. The molecule has 0 aromatic heterocycles. The van der Waals surface area contributed by atoms with Crippen LogP contribution in [0.1, 0.15) is 32.6 Å². The SMILES string of the molecule is CC/C=C/CCC/C=C/C(=O)OC. The van der Waals surface area contributed by atoms with Crippen LogP contribution in [0.2, 0.25) is 0 Å². The van der Waals surface area contributed by atoms with Gasteiger partial charge < -0.3 is 4.74 Å². The number of hydrogen-bond acceptors (Lipinski definition) is 2. The first-order chi connectivity index (χ1) is 6.31. The number of carbonyl (C=O) groups is 1. The van der Waals surface area contributed by atoms with Gasteiger partial charge in [0.2, 0.25) is 0 Å². The van der Waals surface area contributed by atoms with E-state index in [9.17, 15) is 4.79 Å². The fourth-order valence-electron chi connectivity index (χ4n) is 0.886. The normalized spacial score (nSPS) is 11.2. The molecule has 0 saturated carbocycles. The first-order valence-electron chi connectivity index (χ1n) is 4.70. The van der Waals surface area contributed by atoms with Crippen molar-refractivity contribution in [2.24, 2.45) is 0 Å². The minimum atomic E-state index is -0.274.